The van der Waals surface area contributed by atoms with Crippen molar-refractivity contribution >= 4 is 11.3 Å². The van der Waals surface area contributed by atoms with E-state index in [9.17, 15) is 0 Å². The Labute approximate surface area is 131 Å². The van der Waals surface area contributed by atoms with Gasteiger partial charge in [-0.3, -0.25) is 4.90 Å². The molecule has 0 aliphatic carbocycles. The van der Waals surface area contributed by atoms with Crippen LogP contribution in [0.3, 0.4) is 0 Å². The van der Waals surface area contributed by atoms with Crippen molar-refractivity contribution in [1.82, 2.24) is 15.2 Å². The molecule has 1 aromatic heterocycles. The Bertz CT molecular complexity index is 546. The van der Waals surface area contributed by atoms with E-state index in [0.717, 1.165) is 24.6 Å². The molecule has 1 unspecified atom stereocenters. The molecule has 0 saturated carbocycles. The number of nitrogens with one attached hydrogen (secondary N) is 1. The highest BCUT2D eigenvalue weighted by Crippen LogP contribution is 2.24. The molecule has 1 saturated heterocycles. The standard InChI is InChI=1S/C17H23N3S/c1-2-20(11-15-9-6-10-18-15)12-16-13-21-17(19-16)14-7-4-3-5-8-14/h3-5,7-8,13,15,18H,2,6,9-12H2,1H3. The summed E-state index contributed by atoms with van der Waals surface area (Å²) >= 11 is 1.74. The maximum Gasteiger partial charge on any atom is 0.123 e. The van der Waals surface area contributed by atoms with E-state index in [1.165, 1.54) is 30.6 Å². The zero-order valence-corrected chi connectivity index (χ0v) is 13.4. The van der Waals surface area contributed by atoms with Crippen LogP contribution in [0, 0.1) is 0 Å². The SMILES string of the molecule is CCN(Cc1csc(-c2ccccc2)n1)CC1CCCN1. The first-order valence-electron chi connectivity index (χ1n) is 7.80. The molecule has 0 bridgehead atoms. The molecule has 2 aromatic rings. The Kier molecular flexibility index (Phi) is 5.01. The second kappa shape index (κ2) is 7.16. The Balaban J connectivity index is 1.62. The number of hydrogen-bond acceptors (Lipinski definition) is 4. The average molecular weight is 301 g/mol. The predicted octanol–water partition coefficient (Wildman–Crippen LogP) is 3.38. The maximum atomic E-state index is 4.80. The summed E-state index contributed by atoms with van der Waals surface area (Å²) in [6, 6.07) is 11.1. The lowest BCUT2D eigenvalue weighted by molar-refractivity contribution is 0.251. The minimum Gasteiger partial charge on any atom is -0.313 e. The van der Waals surface area contributed by atoms with E-state index in [0.29, 0.717) is 6.04 Å². The summed E-state index contributed by atoms with van der Waals surface area (Å²) in [6.45, 7) is 6.58. The van der Waals surface area contributed by atoms with Gasteiger partial charge in [-0.25, -0.2) is 4.98 Å². The third kappa shape index (κ3) is 3.90. The highest BCUT2D eigenvalue weighted by atomic mass is 32.1. The smallest absolute Gasteiger partial charge is 0.123 e. The molecule has 0 radical (unpaired) electrons. The van der Waals surface area contributed by atoms with Gasteiger partial charge in [0, 0.05) is 30.1 Å². The Morgan fingerprint density at radius 1 is 1.33 bits per heavy atom. The van der Waals surface area contributed by atoms with Crippen LogP contribution in [0.15, 0.2) is 35.7 Å². The van der Waals surface area contributed by atoms with Crippen molar-refractivity contribution in [1.29, 1.82) is 0 Å². The number of nitrogens with zero attached hydrogens (tertiary/aromatic N) is 2. The van der Waals surface area contributed by atoms with E-state index >= 15 is 0 Å². The van der Waals surface area contributed by atoms with E-state index in [4.69, 9.17) is 4.98 Å². The summed E-state index contributed by atoms with van der Waals surface area (Å²) in [5.74, 6) is 0. The van der Waals surface area contributed by atoms with Crippen molar-refractivity contribution in [2.24, 2.45) is 0 Å². The Hall–Kier alpha value is -1.23. The molecular weight excluding hydrogens is 278 g/mol. The van der Waals surface area contributed by atoms with Crippen LogP contribution in [-0.4, -0.2) is 35.6 Å². The minimum atomic E-state index is 0.664. The average Bonchev–Trinajstić information content (AvgIpc) is 3.19. The largest absolute Gasteiger partial charge is 0.313 e. The molecular formula is C17H23N3S. The van der Waals surface area contributed by atoms with Gasteiger partial charge in [0.15, 0.2) is 0 Å². The number of thiazole rings is 1. The number of likely N-dealkylation sites (N-methyl/N-ethyl adjacent to an activating group) is 1. The number of aromatic nitrogens is 1. The van der Waals surface area contributed by atoms with E-state index in [2.05, 4.69) is 46.8 Å². The van der Waals surface area contributed by atoms with Crippen molar-refractivity contribution in [3.05, 3.63) is 41.4 Å². The van der Waals surface area contributed by atoms with Crippen molar-refractivity contribution < 1.29 is 0 Å². The molecule has 3 rings (SSSR count). The minimum absolute atomic E-state index is 0.664. The van der Waals surface area contributed by atoms with Gasteiger partial charge >= 0.3 is 0 Å². The summed E-state index contributed by atoms with van der Waals surface area (Å²) < 4.78 is 0. The summed E-state index contributed by atoms with van der Waals surface area (Å²) in [6.07, 6.45) is 2.62. The van der Waals surface area contributed by atoms with Crippen molar-refractivity contribution in [3.63, 3.8) is 0 Å². The van der Waals surface area contributed by atoms with Gasteiger partial charge in [-0.15, -0.1) is 11.3 Å². The molecule has 4 heteroatoms. The second-order valence-corrected chi connectivity index (χ2v) is 6.49. The molecule has 112 valence electrons. The van der Waals surface area contributed by atoms with Crippen LogP contribution in [-0.2, 0) is 6.54 Å². The summed E-state index contributed by atoms with van der Waals surface area (Å²) in [7, 11) is 0. The van der Waals surface area contributed by atoms with Gasteiger partial charge in [0.2, 0.25) is 0 Å². The van der Waals surface area contributed by atoms with Crippen LogP contribution in [0.2, 0.25) is 0 Å². The molecule has 1 fully saturated rings. The lowest BCUT2D eigenvalue weighted by atomic mass is 10.2. The van der Waals surface area contributed by atoms with E-state index in [1.807, 2.05) is 6.07 Å². The molecule has 21 heavy (non-hydrogen) atoms. The Morgan fingerprint density at radius 2 is 2.19 bits per heavy atom. The lowest BCUT2D eigenvalue weighted by Gasteiger charge is -2.23. The molecule has 1 aromatic carbocycles. The topological polar surface area (TPSA) is 28.2 Å². The summed E-state index contributed by atoms with van der Waals surface area (Å²) in [5.41, 5.74) is 2.41. The Morgan fingerprint density at radius 3 is 2.90 bits per heavy atom. The van der Waals surface area contributed by atoms with Crippen LogP contribution in [0.1, 0.15) is 25.5 Å². The monoisotopic (exact) mass is 301 g/mol. The predicted molar refractivity (Wildman–Crippen MR) is 89.5 cm³/mol. The van der Waals surface area contributed by atoms with Gasteiger partial charge in [-0.05, 0) is 25.9 Å². The molecule has 1 aliphatic rings. The first-order valence-corrected chi connectivity index (χ1v) is 8.68. The van der Waals surface area contributed by atoms with Crippen molar-refractivity contribution in [2.75, 3.05) is 19.6 Å². The van der Waals surface area contributed by atoms with Crippen molar-refractivity contribution in [3.8, 4) is 10.6 Å². The second-order valence-electron chi connectivity index (χ2n) is 5.63. The normalized spacial score (nSPS) is 18.5. The fourth-order valence-electron chi connectivity index (χ4n) is 2.85. The zero-order valence-electron chi connectivity index (χ0n) is 12.6. The zero-order chi connectivity index (χ0) is 14.5. The lowest BCUT2D eigenvalue weighted by Crippen LogP contribution is -2.37. The van der Waals surface area contributed by atoms with Crippen LogP contribution in [0.25, 0.3) is 10.6 Å². The van der Waals surface area contributed by atoms with Gasteiger partial charge in [0.25, 0.3) is 0 Å². The summed E-state index contributed by atoms with van der Waals surface area (Å²) in [4.78, 5) is 7.29. The van der Waals surface area contributed by atoms with Crippen LogP contribution in [0.5, 0.6) is 0 Å². The van der Waals surface area contributed by atoms with E-state index < -0.39 is 0 Å². The molecule has 0 spiro atoms. The molecule has 1 N–H and O–H groups in total. The van der Waals surface area contributed by atoms with Gasteiger partial charge in [0.05, 0.1) is 5.69 Å². The molecule has 1 aliphatic heterocycles. The van der Waals surface area contributed by atoms with E-state index in [-0.39, 0.29) is 0 Å². The van der Waals surface area contributed by atoms with Crippen LogP contribution < -0.4 is 5.32 Å². The fourth-order valence-corrected chi connectivity index (χ4v) is 3.67. The number of rotatable bonds is 6. The van der Waals surface area contributed by atoms with Gasteiger partial charge in [-0.1, -0.05) is 37.3 Å². The first kappa shape index (κ1) is 14.7. The third-order valence-electron chi connectivity index (χ3n) is 4.05. The van der Waals surface area contributed by atoms with Gasteiger partial charge < -0.3 is 5.32 Å². The number of hydrogen-bond donors (Lipinski definition) is 1. The first-order chi connectivity index (χ1) is 10.3. The highest BCUT2D eigenvalue weighted by molar-refractivity contribution is 7.13. The molecule has 1 atom stereocenters. The highest BCUT2D eigenvalue weighted by Gasteiger charge is 2.17. The number of benzene rings is 1. The third-order valence-corrected chi connectivity index (χ3v) is 4.99. The molecule has 0 amide bonds. The fraction of sp³-hybridized carbons (Fsp3) is 0.471. The van der Waals surface area contributed by atoms with Crippen LogP contribution in [0.4, 0.5) is 0 Å². The summed E-state index contributed by atoms with van der Waals surface area (Å²) in [5, 5.41) is 6.91. The molecule has 2 heterocycles. The van der Waals surface area contributed by atoms with Gasteiger partial charge in [-0.2, -0.15) is 0 Å². The van der Waals surface area contributed by atoms with Gasteiger partial charge in [0.1, 0.15) is 5.01 Å². The molecule has 3 nitrogen and oxygen atoms in total. The van der Waals surface area contributed by atoms with E-state index in [1.54, 1.807) is 11.3 Å². The van der Waals surface area contributed by atoms with Crippen LogP contribution >= 0.6 is 11.3 Å². The quantitative estimate of drug-likeness (QED) is 0.886. The maximum absolute atomic E-state index is 4.80. The van der Waals surface area contributed by atoms with Crippen molar-refractivity contribution in [2.45, 2.75) is 32.4 Å².